The van der Waals surface area contributed by atoms with Gasteiger partial charge in [0.1, 0.15) is 11.6 Å². The first-order valence-corrected chi connectivity index (χ1v) is 10.4. The molecule has 1 aliphatic rings. The summed E-state index contributed by atoms with van der Waals surface area (Å²) < 4.78 is 44.1. The van der Waals surface area contributed by atoms with Gasteiger partial charge in [0.05, 0.1) is 24.6 Å². The number of amides is 1. The van der Waals surface area contributed by atoms with Gasteiger partial charge in [0.15, 0.2) is 5.82 Å². The zero-order chi connectivity index (χ0) is 24.0. The Bertz CT molecular complexity index is 1390. The van der Waals surface area contributed by atoms with Crippen molar-refractivity contribution in [2.75, 3.05) is 16.8 Å². The average Bonchev–Trinajstić information content (AvgIpc) is 3.37. The molecule has 0 radical (unpaired) electrons. The molecule has 34 heavy (non-hydrogen) atoms. The van der Waals surface area contributed by atoms with E-state index in [-0.39, 0.29) is 30.2 Å². The van der Waals surface area contributed by atoms with E-state index in [1.807, 2.05) is 0 Å². The molecule has 0 unspecified atom stereocenters. The number of aryl methyl sites for hydroxylation is 1. The molecule has 1 fully saturated rings. The number of rotatable bonds is 5. The number of hydrogen-bond acceptors (Lipinski definition) is 6. The van der Waals surface area contributed by atoms with Crippen LogP contribution in [0, 0.1) is 12.7 Å². The van der Waals surface area contributed by atoms with Crippen LogP contribution in [0.2, 0.25) is 0 Å². The summed E-state index contributed by atoms with van der Waals surface area (Å²) >= 11 is 0. The largest absolute Gasteiger partial charge is 0.391 e. The molecular formula is C23H19F3N6O2. The number of fused-ring (bicyclic) bond motifs is 1. The molecule has 1 saturated heterocycles. The fraction of sp³-hybridized carbons (Fsp3) is 0.217. The van der Waals surface area contributed by atoms with Gasteiger partial charge in [0, 0.05) is 28.4 Å². The number of alkyl halides is 2. The molecule has 0 aliphatic carbocycles. The number of aromatic nitrogens is 4. The highest BCUT2D eigenvalue weighted by molar-refractivity contribution is 5.99. The number of nitrogens with zero attached hydrogens (tertiary/aromatic N) is 4. The Morgan fingerprint density at radius 1 is 1.15 bits per heavy atom. The van der Waals surface area contributed by atoms with Crippen molar-refractivity contribution >= 4 is 34.1 Å². The van der Waals surface area contributed by atoms with E-state index in [2.05, 4.69) is 25.5 Å². The summed E-state index contributed by atoms with van der Waals surface area (Å²) in [6, 6.07) is 10.3. The molecule has 1 atom stereocenters. The fourth-order valence-corrected chi connectivity index (χ4v) is 3.85. The van der Waals surface area contributed by atoms with E-state index in [0.717, 1.165) is 30.0 Å². The summed E-state index contributed by atoms with van der Waals surface area (Å²) in [5.74, 6) is -4.88. The number of halogens is 3. The normalized spacial score (nSPS) is 16.4. The van der Waals surface area contributed by atoms with E-state index in [1.165, 1.54) is 11.0 Å². The summed E-state index contributed by atoms with van der Waals surface area (Å²) in [7, 11) is 0. The first kappa shape index (κ1) is 21.8. The molecule has 1 amide bonds. The molecule has 0 saturated carbocycles. The number of aliphatic hydroxyl groups excluding tert-OH is 1. The molecule has 1 aliphatic heterocycles. The molecule has 3 heterocycles. The van der Waals surface area contributed by atoms with Crippen molar-refractivity contribution in [3.8, 4) is 0 Å². The maximum atomic E-state index is 15.4. The summed E-state index contributed by atoms with van der Waals surface area (Å²) in [6.45, 7) is 1.89. The zero-order valence-corrected chi connectivity index (χ0v) is 17.9. The second kappa shape index (κ2) is 8.10. The lowest BCUT2D eigenvalue weighted by molar-refractivity contribution is -0.117. The minimum Gasteiger partial charge on any atom is -0.391 e. The standard InChI is InChI=1S/C23H19F3N6O2/c1-12-8-19(31-30-12)28-21-17-7-6-15(32-11-16(33)10-20(32)34)9-18(17)27-22(29-21)23(25,26)13-2-4-14(24)5-3-13/h2-9,16,33H,10-11H2,1H3,(H2,27,28,29,30,31)/t16-/m1/s1. The number of H-pyrrole nitrogens is 1. The van der Waals surface area contributed by atoms with Crippen molar-refractivity contribution in [3.05, 3.63) is 71.4 Å². The van der Waals surface area contributed by atoms with E-state index in [0.29, 0.717) is 16.9 Å². The summed E-state index contributed by atoms with van der Waals surface area (Å²) in [6.07, 6.45) is -0.812. The van der Waals surface area contributed by atoms with Gasteiger partial charge >= 0.3 is 5.92 Å². The zero-order valence-electron chi connectivity index (χ0n) is 17.9. The first-order chi connectivity index (χ1) is 16.2. The third-order valence-corrected chi connectivity index (χ3v) is 5.54. The molecular weight excluding hydrogens is 449 g/mol. The van der Waals surface area contributed by atoms with Gasteiger partial charge in [0.25, 0.3) is 0 Å². The van der Waals surface area contributed by atoms with Crippen LogP contribution in [0.1, 0.15) is 23.5 Å². The van der Waals surface area contributed by atoms with E-state index >= 15 is 8.78 Å². The Morgan fingerprint density at radius 3 is 2.56 bits per heavy atom. The van der Waals surface area contributed by atoms with Crippen LogP contribution in [-0.4, -0.2) is 43.8 Å². The fourth-order valence-electron chi connectivity index (χ4n) is 3.85. The molecule has 174 valence electrons. The minimum absolute atomic E-state index is 0.0129. The van der Waals surface area contributed by atoms with E-state index in [4.69, 9.17) is 0 Å². The Morgan fingerprint density at radius 2 is 1.91 bits per heavy atom. The molecule has 11 heteroatoms. The highest BCUT2D eigenvalue weighted by Crippen LogP contribution is 2.37. The number of aliphatic hydroxyl groups is 1. The third-order valence-electron chi connectivity index (χ3n) is 5.54. The molecule has 3 N–H and O–H groups in total. The lowest BCUT2D eigenvalue weighted by Crippen LogP contribution is -2.25. The molecule has 0 bridgehead atoms. The molecule has 2 aromatic carbocycles. The van der Waals surface area contributed by atoms with Crippen molar-refractivity contribution in [1.29, 1.82) is 0 Å². The van der Waals surface area contributed by atoms with Crippen molar-refractivity contribution in [3.63, 3.8) is 0 Å². The Kier molecular flexibility index (Phi) is 5.20. The summed E-state index contributed by atoms with van der Waals surface area (Å²) in [5, 5.41) is 20.0. The van der Waals surface area contributed by atoms with Gasteiger partial charge in [-0.15, -0.1) is 0 Å². The number of aromatic amines is 1. The van der Waals surface area contributed by atoms with E-state index in [9.17, 15) is 14.3 Å². The Labute approximate surface area is 191 Å². The smallest absolute Gasteiger partial charge is 0.331 e. The van der Waals surface area contributed by atoms with Gasteiger partial charge < -0.3 is 15.3 Å². The third kappa shape index (κ3) is 3.94. The highest BCUT2D eigenvalue weighted by atomic mass is 19.3. The first-order valence-electron chi connectivity index (χ1n) is 10.4. The number of hydrogen-bond donors (Lipinski definition) is 3. The molecule has 5 rings (SSSR count). The quantitative estimate of drug-likeness (QED) is 0.412. The van der Waals surface area contributed by atoms with Crippen molar-refractivity contribution in [2.24, 2.45) is 0 Å². The maximum Gasteiger partial charge on any atom is 0.331 e. The van der Waals surface area contributed by atoms with E-state index in [1.54, 1.807) is 25.1 Å². The number of benzene rings is 2. The maximum absolute atomic E-state index is 15.4. The van der Waals surface area contributed by atoms with Crippen LogP contribution in [0.15, 0.2) is 48.5 Å². The lowest BCUT2D eigenvalue weighted by atomic mass is 10.1. The van der Waals surface area contributed by atoms with Crippen LogP contribution >= 0.6 is 0 Å². The number of nitrogens with one attached hydrogen (secondary N) is 2. The van der Waals surface area contributed by atoms with Crippen LogP contribution in [0.25, 0.3) is 10.9 Å². The number of carbonyl (C=O) groups is 1. The van der Waals surface area contributed by atoms with E-state index < -0.39 is 29.2 Å². The van der Waals surface area contributed by atoms with Gasteiger partial charge in [-0.2, -0.15) is 13.9 Å². The average molecular weight is 468 g/mol. The van der Waals surface area contributed by atoms with Crippen LogP contribution in [0.5, 0.6) is 0 Å². The van der Waals surface area contributed by atoms with Crippen molar-refractivity contribution in [1.82, 2.24) is 20.2 Å². The second-order valence-electron chi connectivity index (χ2n) is 8.10. The van der Waals surface area contributed by atoms with Crippen molar-refractivity contribution < 1.29 is 23.1 Å². The van der Waals surface area contributed by atoms with Gasteiger partial charge in [-0.25, -0.2) is 14.4 Å². The minimum atomic E-state index is -3.63. The predicted molar refractivity (Wildman–Crippen MR) is 119 cm³/mol. The predicted octanol–water partition coefficient (Wildman–Crippen LogP) is 3.78. The van der Waals surface area contributed by atoms with Crippen LogP contribution in [0.3, 0.4) is 0 Å². The number of anilines is 3. The summed E-state index contributed by atoms with van der Waals surface area (Å²) in [4.78, 5) is 21.8. The van der Waals surface area contributed by atoms with Crippen molar-refractivity contribution in [2.45, 2.75) is 25.4 Å². The number of carbonyl (C=O) groups excluding carboxylic acids is 1. The molecule has 0 spiro atoms. The Hall–Kier alpha value is -3.99. The molecule has 8 nitrogen and oxygen atoms in total. The lowest BCUT2D eigenvalue weighted by Gasteiger charge is -2.19. The van der Waals surface area contributed by atoms with Crippen LogP contribution in [0.4, 0.5) is 30.5 Å². The van der Waals surface area contributed by atoms with Gasteiger partial charge in [-0.3, -0.25) is 9.89 Å². The monoisotopic (exact) mass is 468 g/mol. The van der Waals surface area contributed by atoms with Gasteiger partial charge in [-0.05, 0) is 49.4 Å². The molecule has 4 aromatic rings. The van der Waals surface area contributed by atoms with Crippen LogP contribution in [-0.2, 0) is 10.7 Å². The molecule has 2 aromatic heterocycles. The van der Waals surface area contributed by atoms with Gasteiger partial charge in [-0.1, -0.05) is 0 Å². The van der Waals surface area contributed by atoms with Crippen LogP contribution < -0.4 is 10.2 Å². The van der Waals surface area contributed by atoms with Gasteiger partial charge in [0.2, 0.25) is 11.7 Å². The highest BCUT2D eigenvalue weighted by Gasteiger charge is 2.38. The summed E-state index contributed by atoms with van der Waals surface area (Å²) in [5.41, 5.74) is 0.869. The SMILES string of the molecule is Cc1cc(Nc2nc(C(F)(F)c3ccc(F)cc3)nc3cc(N4C[C@H](O)CC4=O)ccc23)n[nH]1. The number of β-amino-alcohol motifs (C(OH)–C–C–N with tert-alkyl or cyclic N) is 1. The second-order valence-corrected chi connectivity index (χ2v) is 8.10. The Balaban J connectivity index is 1.65. The topological polar surface area (TPSA) is 107 Å².